The molecule has 0 unspecified atom stereocenters. The lowest BCUT2D eigenvalue weighted by Crippen LogP contribution is -2.16. The van der Waals surface area contributed by atoms with Gasteiger partial charge in [-0.2, -0.15) is 5.26 Å². The third kappa shape index (κ3) is 2.85. The van der Waals surface area contributed by atoms with Crippen molar-refractivity contribution in [2.45, 2.75) is 13.5 Å². The molecule has 3 rings (SSSR count). The molecule has 1 heterocycles. The average molecular weight is 274 g/mol. The van der Waals surface area contributed by atoms with Gasteiger partial charge in [0.05, 0.1) is 0 Å². The second-order valence-electron chi connectivity index (χ2n) is 5.10. The van der Waals surface area contributed by atoms with Gasteiger partial charge in [0, 0.05) is 5.39 Å². The highest BCUT2D eigenvalue weighted by Crippen LogP contribution is 2.18. The SMILES string of the molecule is Cc1ccc2[nH+]c(NCc3ccccc3)c(C#N)cc2c1. The molecule has 102 valence electrons. The fourth-order valence-corrected chi connectivity index (χ4v) is 2.36. The van der Waals surface area contributed by atoms with Crippen LogP contribution in [0.25, 0.3) is 10.9 Å². The first-order valence-corrected chi connectivity index (χ1v) is 6.91. The van der Waals surface area contributed by atoms with Gasteiger partial charge in [-0.25, -0.2) is 4.98 Å². The van der Waals surface area contributed by atoms with Crippen LogP contribution in [0.15, 0.2) is 54.6 Å². The van der Waals surface area contributed by atoms with E-state index in [0.717, 1.165) is 16.7 Å². The number of anilines is 1. The summed E-state index contributed by atoms with van der Waals surface area (Å²) in [4.78, 5) is 3.31. The smallest absolute Gasteiger partial charge is 0.269 e. The summed E-state index contributed by atoms with van der Waals surface area (Å²) in [5.74, 6) is 0.762. The highest BCUT2D eigenvalue weighted by molar-refractivity contribution is 5.79. The Morgan fingerprint density at radius 2 is 1.90 bits per heavy atom. The lowest BCUT2D eigenvalue weighted by atomic mass is 10.1. The summed E-state index contributed by atoms with van der Waals surface area (Å²) in [7, 11) is 0. The quantitative estimate of drug-likeness (QED) is 0.795. The summed E-state index contributed by atoms with van der Waals surface area (Å²) < 4.78 is 0. The molecule has 0 aliphatic heterocycles. The Hall–Kier alpha value is -2.86. The molecule has 0 radical (unpaired) electrons. The van der Waals surface area contributed by atoms with Gasteiger partial charge >= 0.3 is 0 Å². The van der Waals surface area contributed by atoms with Crippen molar-refractivity contribution in [3.63, 3.8) is 0 Å². The van der Waals surface area contributed by atoms with E-state index in [2.05, 4.69) is 40.6 Å². The molecule has 21 heavy (non-hydrogen) atoms. The minimum atomic E-state index is 0.629. The molecule has 0 atom stereocenters. The maximum absolute atomic E-state index is 9.33. The van der Waals surface area contributed by atoms with Crippen LogP contribution in [0, 0.1) is 18.3 Å². The predicted octanol–water partition coefficient (Wildman–Crippen LogP) is 3.45. The minimum absolute atomic E-state index is 0.629. The third-order valence-electron chi connectivity index (χ3n) is 3.47. The van der Waals surface area contributed by atoms with Crippen molar-refractivity contribution in [2.24, 2.45) is 0 Å². The molecule has 0 saturated carbocycles. The topological polar surface area (TPSA) is 50.0 Å². The standard InChI is InChI=1S/C18H15N3/c1-13-7-8-17-15(9-13)10-16(11-19)18(21-17)20-12-14-5-3-2-4-6-14/h2-10H,12H2,1H3,(H,20,21)/p+1. The van der Waals surface area contributed by atoms with Crippen molar-refractivity contribution in [3.05, 3.63) is 71.3 Å². The molecule has 0 spiro atoms. The van der Waals surface area contributed by atoms with Crippen LogP contribution in [0.4, 0.5) is 5.82 Å². The van der Waals surface area contributed by atoms with Crippen LogP contribution < -0.4 is 10.3 Å². The molecule has 2 aromatic carbocycles. The lowest BCUT2D eigenvalue weighted by molar-refractivity contribution is -0.327. The first kappa shape index (κ1) is 13.1. The fourth-order valence-electron chi connectivity index (χ4n) is 2.36. The van der Waals surface area contributed by atoms with Gasteiger partial charge in [0.2, 0.25) is 0 Å². The molecule has 3 aromatic rings. The second-order valence-corrected chi connectivity index (χ2v) is 5.10. The van der Waals surface area contributed by atoms with Crippen LogP contribution in [-0.4, -0.2) is 0 Å². The normalized spacial score (nSPS) is 10.3. The summed E-state index contributed by atoms with van der Waals surface area (Å²) in [6.07, 6.45) is 0. The zero-order valence-corrected chi connectivity index (χ0v) is 11.9. The number of pyridine rings is 1. The molecule has 0 amide bonds. The van der Waals surface area contributed by atoms with E-state index >= 15 is 0 Å². The van der Waals surface area contributed by atoms with Crippen LogP contribution >= 0.6 is 0 Å². The highest BCUT2D eigenvalue weighted by atomic mass is 15.0. The zero-order chi connectivity index (χ0) is 14.7. The van der Waals surface area contributed by atoms with Crippen LogP contribution in [0.2, 0.25) is 0 Å². The number of aryl methyl sites for hydroxylation is 1. The summed E-state index contributed by atoms with van der Waals surface area (Å²) >= 11 is 0. The average Bonchev–Trinajstić information content (AvgIpc) is 2.53. The molecular formula is C18H16N3+. The van der Waals surface area contributed by atoms with Crippen LogP contribution in [0.1, 0.15) is 16.7 Å². The van der Waals surface area contributed by atoms with Gasteiger partial charge in [0.1, 0.15) is 23.7 Å². The molecular weight excluding hydrogens is 258 g/mol. The largest absolute Gasteiger partial charge is 0.291 e. The number of hydrogen-bond donors (Lipinski definition) is 1. The molecule has 3 heteroatoms. The number of rotatable bonds is 3. The van der Waals surface area contributed by atoms with E-state index in [0.29, 0.717) is 12.1 Å². The number of aromatic nitrogens is 1. The van der Waals surface area contributed by atoms with Crippen molar-refractivity contribution >= 4 is 16.7 Å². The Bertz CT molecular complexity index is 817. The number of nitriles is 1. The summed E-state index contributed by atoms with van der Waals surface area (Å²) in [5.41, 5.74) is 4.02. The van der Waals surface area contributed by atoms with Crippen molar-refractivity contribution in [1.29, 1.82) is 5.26 Å². The van der Waals surface area contributed by atoms with E-state index in [4.69, 9.17) is 0 Å². The van der Waals surface area contributed by atoms with Gasteiger partial charge in [-0.15, -0.1) is 0 Å². The van der Waals surface area contributed by atoms with Crippen LogP contribution in [-0.2, 0) is 6.54 Å². The Morgan fingerprint density at radius 1 is 1.10 bits per heavy atom. The van der Waals surface area contributed by atoms with Gasteiger partial charge in [0.15, 0.2) is 0 Å². The second kappa shape index (κ2) is 5.64. The van der Waals surface area contributed by atoms with E-state index in [9.17, 15) is 5.26 Å². The van der Waals surface area contributed by atoms with Crippen molar-refractivity contribution in [2.75, 3.05) is 5.32 Å². The predicted molar refractivity (Wildman–Crippen MR) is 83.7 cm³/mol. The number of hydrogen-bond acceptors (Lipinski definition) is 2. The summed E-state index contributed by atoms with van der Waals surface area (Å²) in [6.45, 7) is 2.73. The number of nitrogens with one attached hydrogen (secondary N) is 2. The van der Waals surface area contributed by atoms with E-state index < -0.39 is 0 Å². The summed E-state index contributed by atoms with van der Waals surface area (Å²) in [6, 6.07) is 20.5. The zero-order valence-electron chi connectivity index (χ0n) is 11.9. The lowest BCUT2D eigenvalue weighted by Gasteiger charge is -2.04. The van der Waals surface area contributed by atoms with E-state index in [1.54, 1.807) is 0 Å². The molecule has 1 aromatic heterocycles. The van der Waals surface area contributed by atoms with E-state index in [1.807, 2.05) is 37.3 Å². The molecule has 0 aliphatic rings. The molecule has 0 saturated heterocycles. The van der Waals surface area contributed by atoms with Gasteiger partial charge in [-0.3, -0.25) is 5.32 Å². The molecule has 2 N–H and O–H groups in total. The van der Waals surface area contributed by atoms with Crippen molar-refractivity contribution < 1.29 is 4.98 Å². The van der Waals surface area contributed by atoms with Gasteiger partial charge in [-0.05, 0) is 30.7 Å². The first-order valence-electron chi connectivity index (χ1n) is 6.91. The van der Waals surface area contributed by atoms with Crippen molar-refractivity contribution in [3.8, 4) is 6.07 Å². The van der Waals surface area contributed by atoms with Crippen LogP contribution in [0.3, 0.4) is 0 Å². The summed E-state index contributed by atoms with van der Waals surface area (Å²) in [5, 5.41) is 13.7. The Labute approximate surface area is 123 Å². The maximum atomic E-state index is 9.33. The maximum Gasteiger partial charge on any atom is 0.291 e. The van der Waals surface area contributed by atoms with E-state index in [1.165, 1.54) is 11.1 Å². The molecule has 0 aliphatic carbocycles. The monoisotopic (exact) mass is 274 g/mol. The van der Waals surface area contributed by atoms with Gasteiger partial charge in [0.25, 0.3) is 5.82 Å². The minimum Gasteiger partial charge on any atom is -0.269 e. The Morgan fingerprint density at radius 3 is 2.67 bits per heavy atom. The first-order chi connectivity index (χ1) is 10.3. The third-order valence-corrected chi connectivity index (χ3v) is 3.47. The number of benzene rings is 2. The Balaban J connectivity index is 1.94. The van der Waals surface area contributed by atoms with Crippen molar-refractivity contribution in [1.82, 2.24) is 0 Å². The number of aromatic amines is 1. The number of fused-ring (bicyclic) bond motifs is 1. The van der Waals surface area contributed by atoms with Gasteiger partial charge < -0.3 is 0 Å². The number of H-pyrrole nitrogens is 1. The number of nitrogens with zero attached hydrogens (tertiary/aromatic N) is 1. The molecule has 0 fully saturated rings. The van der Waals surface area contributed by atoms with Crippen LogP contribution in [0.5, 0.6) is 0 Å². The fraction of sp³-hybridized carbons (Fsp3) is 0.111. The Kier molecular flexibility index (Phi) is 3.53. The van der Waals surface area contributed by atoms with Gasteiger partial charge in [-0.1, -0.05) is 42.0 Å². The molecule has 0 bridgehead atoms. The molecule has 3 nitrogen and oxygen atoms in total. The highest BCUT2D eigenvalue weighted by Gasteiger charge is 2.12. The van der Waals surface area contributed by atoms with E-state index in [-0.39, 0.29) is 0 Å².